The lowest BCUT2D eigenvalue weighted by Crippen LogP contribution is -2.18. The van der Waals surface area contributed by atoms with Gasteiger partial charge < -0.3 is 10.6 Å². The van der Waals surface area contributed by atoms with Gasteiger partial charge >= 0.3 is 0 Å². The predicted molar refractivity (Wildman–Crippen MR) is 139 cm³/mol. The molecule has 0 bridgehead atoms. The van der Waals surface area contributed by atoms with Crippen molar-refractivity contribution in [2.75, 3.05) is 17.2 Å². The Labute approximate surface area is 225 Å². The summed E-state index contributed by atoms with van der Waals surface area (Å²) < 4.78 is -1.32. The molecule has 5 nitrogen and oxygen atoms in total. The summed E-state index contributed by atoms with van der Waals surface area (Å²) in [5.74, 6) is -1.59. The third-order valence-electron chi connectivity index (χ3n) is 5.29. The molecule has 2 N–H and O–H groups in total. The van der Waals surface area contributed by atoms with Crippen LogP contribution in [0.1, 0.15) is 21.8 Å². The minimum atomic E-state index is -1.32. The highest BCUT2D eigenvalue weighted by molar-refractivity contribution is 6.53. The summed E-state index contributed by atoms with van der Waals surface area (Å²) in [6.45, 7) is -0.0967. The van der Waals surface area contributed by atoms with Gasteiger partial charge in [-0.15, -0.1) is 23.2 Å². The van der Waals surface area contributed by atoms with Crippen LogP contribution in [0.4, 0.5) is 11.5 Å². The molecule has 1 saturated carbocycles. The van der Waals surface area contributed by atoms with Gasteiger partial charge in [-0.1, -0.05) is 46.4 Å². The number of nitrogens with one attached hydrogen (secondary N) is 2. The van der Waals surface area contributed by atoms with Crippen molar-refractivity contribution in [2.24, 2.45) is 5.92 Å². The van der Waals surface area contributed by atoms with E-state index in [-0.39, 0.29) is 22.9 Å². The van der Waals surface area contributed by atoms with E-state index in [1.165, 1.54) is 12.1 Å². The Morgan fingerprint density at radius 3 is 2.32 bits per heavy atom. The van der Waals surface area contributed by atoms with Crippen molar-refractivity contribution in [2.45, 2.75) is 10.3 Å². The van der Waals surface area contributed by atoms with Crippen molar-refractivity contribution in [3.05, 3.63) is 85.9 Å². The number of anilines is 2. The number of aromatic nitrogens is 1. The van der Waals surface area contributed by atoms with Gasteiger partial charge in [-0.2, -0.15) is 0 Å². The molecule has 1 heterocycles. The average Bonchev–Trinajstić information content (AvgIpc) is 3.35. The molecule has 1 fully saturated rings. The summed E-state index contributed by atoms with van der Waals surface area (Å²) in [5, 5.41) is 7.08. The zero-order valence-electron chi connectivity index (χ0n) is 17.1. The molecular weight excluding hydrogens is 563 g/mol. The quantitative estimate of drug-likeness (QED) is 0.225. The molecule has 3 aromatic rings. The van der Waals surface area contributed by atoms with Crippen LogP contribution in [0, 0.1) is 5.92 Å². The lowest BCUT2D eigenvalue weighted by Gasteiger charge is -2.10. The van der Waals surface area contributed by atoms with Gasteiger partial charge in [0.2, 0.25) is 5.91 Å². The maximum atomic E-state index is 13.0. The number of nitrogens with zero attached hydrogens (tertiary/aromatic N) is 1. The Hall–Kier alpha value is -1.73. The Balaban J connectivity index is 1.47. The standard InChI is InChI=1S/C23H15Cl6N3O2/c24-12-6-11(7-13(25)8-12)19-20(23(19,28)29)22(34)32-14-3-4-16(26)15(9-14)18(33)10-31-21-17(27)2-1-5-30-21/h1-9,19-20H,10H2,(H,30,31)(H,32,34). The van der Waals surface area contributed by atoms with Crippen LogP contribution >= 0.6 is 69.6 Å². The zero-order valence-corrected chi connectivity index (χ0v) is 21.6. The average molecular weight is 578 g/mol. The molecule has 0 radical (unpaired) electrons. The third kappa shape index (κ3) is 5.40. The van der Waals surface area contributed by atoms with E-state index in [0.29, 0.717) is 32.1 Å². The molecule has 34 heavy (non-hydrogen) atoms. The normalized spacial score (nSPS) is 18.3. The number of ketones is 1. The Morgan fingerprint density at radius 2 is 1.65 bits per heavy atom. The van der Waals surface area contributed by atoms with E-state index in [9.17, 15) is 9.59 Å². The van der Waals surface area contributed by atoms with Crippen LogP contribution in [0.3, 0.4) is 0 Å². The number of halogens is 6. The number of pyridine rings is 1. The van der Waals surface area contributed by atoms with Crippen LogP contribution in [0.15, 0.2) is 54.7 Å². The largest absolute Gasteiger partial charge is 0.361 e. The first-order valence-corrected chi connectivity index (χ1v) is 12.2. The van der Waals surface area contributed by atoms with Crippen LogP contribution in [-0.4, -0.2) is 27.6 Å². The molecule has 1 amide bonds. The lowest BCUT2D eigenvalue weighted by molar-refractivity contribution is -0.117. The van der Waals surface area contributed by atoms with Gasteiger partial charge in [-0.05, 0) is 54.1 Å². The minimum Gasteiger partial charge on any atom is -0.361 e. The van der Waals surface area contributed by atoms with E-state index in [1.807, 2.05) is 0 Å². The molecule has 176 valence electrons. The number of Topliss-reactive ketones (excluding diaryl/α,β-unsaturated/α-hetero) is 1. The highest BCUT2D eigenvalue weighted by atomic mass is 35.5. The maximum absolute atomic E-state index is 13.0. The first-order chi connectivity index (χ1) is 16.1. The Morgan fingerprint density at radius 1 is 0.941 bits per heavy atom. The fraction of sp³-hybridized carbons (Fsp3) is 0.174. The van der Waals surface area contributed by atoms with Crippen molar-refractivity contribution in [1.29, 1.82) is 0 Å². The Bertz CT molecular complexity index is 1260. The van der Waals surface area contributed by atoms with E-state index >= 15 is 0 Å². The fourth-order valence-corrected chi connectivity index (χ4v) is 5.42. The highest BCUT2D eigenvalue weighted by Crippen LogP contribution is 2.65. The maximum Gasteiger partial charge on any atom is 0.231 e. The van der Waals surface area contributed by atoms with Crippen LogP contribution < -0.4 is 10.6 Å². The molecule has 1 aliphatic rings. The second-order valence-electron chi connectivity index (χ2n) is 7.63. The molecule has 0 aliphatic heterocycles. The molecule has 11 heteroatoms. The monoisotopic (exact) mass is 575 g/mol. The summed E-state index contributed by atoms with van der Waals surface area (Å²) in [6, 6.07) is 12.8. The number of alkyl halides is 2. The molecule has 0 spiro atoms. The number of benzene rings is 2. The van der Waals surface area contributed by atoms with Gasteiger partial charge in [0.25, 0.3) is 0 Å². The summed E-state index contributed by atoms with van der Waals surface area (Å²) in [6.07, 6.45) is 1.55. The fourth-order valence-electron chi connectivity index (χ4n) is 3.63. The van der Waals surface area contributed by atoms with Crippen molar-refractivity contribution in [1.82, 2.24) is 4.98 Å². The lowest BCUT2D eigenvalue weighted by atomic mass is 10.1. The number of hydrogen-bond acceptors (Lipinski definition) is 4. The van der Waals surface area contributed by atoms with Crippen molar-refractivity contribution in [3.8, 4) is 0 Å². The van der Waals surface area contributed by atoms with E-state index < -0.39 is 22.1 Å². The topological polar surface area (TPSA) is 71.1 Å². The van der Waals surface area contributed by atoms with Gasteiger partial charge in [-0.3, -0.25) is 9.59 Å². The van der Waals surface area contributed by atoms with Crippen LogP contribution in [-0.2, 0) is 4.79 Å². The van der Waals surface area contributed by atoms with E-state index in [2.05, 4.69) is 15.6 Å². The van der Waals surface area contributed by atoms with Gasteiger partial charge in [0.05, 0.1) is 22.5 Å². The van der Waals surface area contributed by atoms with E-state index in [1.54, 1.807) is 42.6 Å². The minimum absolute atomic E-state index is 0.0967. The van der Waals surface area contributed by atoms with Gasteiger partial charge in [0.15, 0.2) is 5.78 Å². The number of carbonyl (C=O) groups is 2. The Kier molecular flexibility index (Phi) is 7.53. The van der Waals surface area contributed by atoms with Crippen LogP contribution in [0.5, 0.6) is 0 Å². The molecular formula is C23H15Cl6N3O2. The first-order valence-electron chi connectivity index (χ1n) is 9.89. The number of carbonyl (C=O) groups excluding carboxylic acids is 2. The van der Waals surface area contributed by atoms with Crippen LogP contribution in [0.25, 0.3) is 0 Å². The third-order valence-corrected chi connectivity index (χ3v) is 7.30. The number of rotatable bonds is 7. The summed E-state index contributed by atoms with van der Waals surface area (Å²) >= 11 is 37.2. The summed E-state index contributed by atoms with van der Waals surface area (Å²) in [4.78, 5) is 29.8. The molecule has 0 saturated heterocycles. The highest BCUT2D eigenvalue weighted by Gasteiger charge is 2.67. The second-order valence-corrected chi connectivity index (χ2v) is 10.8. The van der Waals surface area contributed by atoms with Crippen molar-refractivity contribution < 1.29 is 9.59 Å². The second kappa shape index (κ2) is 10.1. The predicted octanol–water partition coefficient (Wildman–Crippen LogP) is 7.52. The number of amides is 1. The van der Waals surface area contributed by atoms with Crippen molar-refractivity contribution in [3.63, 3.8) is 0 Å². The van der Waals surface area contributed by atoms with E-state index in [0.717, 1.165) is 0 Å². The van der Waals surface area contributed by atoms with Gasteiger partial charge in [0.1, 0.15) is 10.2 Å². The molecule has 2 unspecified atom stereocenters. The SMILES string of the molecule is O=C(CNc1ncccc1Cl)c1cc(NC(=O)C2C(c3cc(Cl)cc(Cl)c3)C2(Cl)Cl)ccc1Cl. The molecule has 4 rings (SSSR count). The van der Waals surface area contributed by atoms with Gasteiger partial charge in [0, 0.05) is 33.4 Å². The van der Waals surface area contributed by atoms with Crippen molar-refractivity contribution >= 4 is 92.8 Å². The smallest absolute Gasteiger partial charge is 0.231 e. The summed E-state index contributed by atoms with van der Waals surface area (Å²) in [5.41, 5.74) is 1.25. The molecule has 1 aliphatic carbocycles. The first kappa shape index (κ1) is 25.4. The van der Waals surface area contributed by atoms with Crippen LogP contribution in [0.2, 0.25) is 20.1 Å². The molecule has 2 atom stereocenters. The zero-order chi connectivity index (χ0) is 24.6. The van der Waals surface area contributed by atoms with E-state index in [4.69, 9.17) is 69.6 Å². The number of hydrogen-bond donors (Lipinski definition) is 2. The van der Waals surface area contributed by atoms with Gasteiger partial charge in [-0.25, -0.2) is 4.98 Å². The molecule has 1 aromatic heterocycles. The molecule has 2 aromatic carbocycles. The summed E-state index contributed by atoms with van der Waals surface area (Å²) in [7, 11) is 0.